The number of carbonyl (C=O) groups is 1. The second kappa shape index (κ2) is 6.09. The molecule has 1 saturated carbocycles. The number of methoxy groups -OCH3 is 2. The molecule has 1 aromatic carbocycles. The van der Waals surface area contributed by atoms with Crippen molar-refractivity contribution < 1.29 is 14.3 Å². The molecule has 1 aliphatic rings. The van der Waals surface area contributed by atoms with Crippen molar-refractivity contribution in [2.75, 3.05) is 14.2 Å². The number of ketones is 1. The topological polar surface area (TPSA) is 35.5 Å². The van der Waals surface area contributed by atoms with Crippen LogP contribution < -0.4 is 9.47 Å². The first-order valence-electron chi connectivity index (χ1n) is 6.87. The largest absolute Gasteiger partial charge is 0.493 e. The molecule has 1 fully saturated rings. The molecule has 0 aromatic heterocycles. The fourth-order valence-corrected chi connectivity index (χ4v) is 2.82. The zero-order valence-corrected chi connectivity index (χ0v) is 11.9. The molecule has 0 N–H and O–H groups in total. The van der Waals surface area contributed by atoms with Gasteiger partial charge in [0, 0.05) is 12.3 Å². The third-order valence-electron chi connectivity index (χ3n) is 3.96. The van der Waals surface area contributed by atoms with Crippen molar-refractivity contribution in [2.45, 2.75) is 32.6 Å². The summed E-state index contributed by atoms with van der Waals surface area (Å²) >= 11 is 0. The lowest BCUT2D eigenvalue weighted by Gasteiger charge is -2.25. The Morgan fingerprint density at radius 1 is 1.21 bits per heavy atom. The van der Waals surface area contributed by atoms with E-state index in [0.29, 0.717) is 11.7 Å². The highest BCUT2D eigenvalue weighted by molar-refractivity contribution is 5.82. The molecule has 0 spiro atoms. The van der Waals surface area contributed by atoms with Gasteiger partial charge in [-0.05, 0) is 42.9 Å². The third-order valence-corrected chi connectivity index (χ3v) is 3.96. The number of rotatable bonds is 4. The smallest absolute Gasteiger partial charge is 0.160 e. The van der Waals surface area contributed by atoms with Crippen LogP contribution in [-0.2, 0) is 11.2 Å². The van der Waals surface area contributed by atoms with Gasteiger partial charge in [0.2, 0.25) is 0 Å². The maximum Gasteiger partial charge on any atom is 0.160 e. The van der Waals surface area contributed by atoms with E-state index in [0.717, 1.165) is 42.7 Å². The lowest BCUT2D eigenvalue weighted by Crippen LogP contribution is -2.25. The Morgan fingerprint density at radius 2 is 1.95 bits per heavy atom. The number of ether oxygens (including phenoxy) is 2. The summed E-state index contributed by atoms with van der Waals surface area (Å²) in [7, 11) is 3.26. The molecule has 2 atom stereocenters. The molecular weight excluding hydrogens is 240 g/mol. The Hall–Kier alpha value is -1.51. The molecule has 2 rings (SSSR count). The summed E-state index contributed by atoms with van der Waals surface area (Å²) < 4.78 is 10.5. The van der Waals surface area contributed by atoms with Crippen molar-refractivity contribution in [1.29, 1.82) is 0 Å². The predicted octanol–water partition coefficient (Wildman–Crippen LogP) is 3.25. The van der Waals surface area contributed by atoms with E-state index in [1.807, 2.05) is 18.2 Å². The number of benzene rings is 1. The zero-order valence-electron chi connectivity index (χ0n) is 11.9. The fourth-order valence-electron chi connectivity index (χ4n) is 2.82. The summed E-state index contributed by atoms with van der Waals surface area (Å²) in [6, 6.07) is 5.91. The number of Topliss-reactive ketones (excluding diaryl/α,β-unsaturated/α-hetero) is 1. The third kappa shape index (κ3) is 3.28. The van der Waals surface area contributed by atoms with Crippen LogP contribution in [0.1, 0.15) is 31.7 Å². The van der Waals surface area contributed by atoms with Gasteiger partial charge in [-0.1, -0.05) is 13.0 Å². The monoisotopic (exact) mass is 262 g/mol. The maximum atomic E-state index is 12.0. The van der Waals surface area contributed by atoms with E-state index < -0.39 is 0 Å². The van der Waals surface area contributed by atoms with E-state index in [1.54, 1.807) is 14.2 Å². The van der Waals surface area contributed by atoms with Crippen molar-refractivity contribution in [3.8, 4) is 11.5 Å². The van der Waals surface area contributed by atoms with Crippen molar-refractivity contribution in [3.05, 3.63) is 23.8 Å². The highest BCUT2D eigenvalue weighted by Crippen LogP contribution is 2.32. The minimum absolute atomic E-state index is 0.168. The SMILES string of the molecule is COc1ccc(CC2CC(C)CCC2=O)cc1OC. The van der Waals surface area contributed by atoms with Crippen molar-refractivity contribution in [1.82, 2.24) is 0 Å². The summed E-state index contributed by atoms with van der Waals surface area (Å²) in [5.74, 6) is 2.70. The standard InChI is InChI=1S/C16H22O3/c1-11-4-6-14(17)13(8-11)9-12-5-7-15(18-2)16(10-12)19-3/h5,7,10-11,13H,4,6,8-9H2,1-3H3. The molecule has 0 saturated heterocycles. The van der Waals surface area contributed by atoms with Crippen LogP contribution in [0, 0.1) is 11.8 Å². The molecule has 3 heteroatoms. The summed E-state index contributed by atoms with van der Waals surface area (Å²) in [4.78, 5) is 12.0. The Labute approximate surface area is 114 Å². The predicted molar refractivity (Wildman–Crippen MR) is 74.8 cm³/mol. The number of carbonyl (C=O) groups excluding carboxylic acids is 1. The van der Waals surface area contributed by atoms with Crippen molar-refractivity contribution >= 4 is 5.78 Å². The second-order valence-electron chi connectivity index (χ2n) is 5.44. The van der Waals surface area contributed by atoms with E-state index in [-0.39, 0.29) is 5.92 Å². The minimum atomic E-state index is 0.168. The highest BCUT2D eigenvalue weighted by atomic mass is 16.5. The molecule has 2 unspecified atom stereocenters. The molecular formula is C16H22O3. The van der Waals surface area contributed by atoms with Crippen molar-refractivity contribution in [2.24, 2.45) is 11.8 Å². The molecule has 0 heterocycles. The van der Waals surface area contributed by atoms with Gasteiger partial charge in [0.25, 0.3) is 0 Å². The van der Waals surface area contributed by atoms with Gasteiger partial charge in [-0.15, -0.1) is 0 Å². The summed E-state index contributed by atoms with van der Waals surface area (Å²) in [5, 5.41) is 0. The van der Waals surface area contributed by atoms with Crippen LogP contribution in [0.4, 0.5) is 0 Å². The van der Waals surface area contributed by atoms with Gasteiger partial charge in [-0.3, -0.25) is 4.79 Å². The lowest BCUT2D eigenvalue weighted by atomic mass is 9.78. The molecule has 1 aromatic rings. The quantitative estimate of drug-likeness (QED) is 0.835. The van der Waals surface area contributed by atoms with E-state index in [1.165, 1.54) is 0 Å². The summed E-state index contributed by atoms with van der Waals surface area (Å²) in [5.41, 5.74) is 1.14. The minimum Gasteiger partial charge on any atom is -0.493 e. The Balaban J connectivity index is 2.12. The van der Waals surface area contributed by atoms with E-state index in [4.69, 9.17) is 9.47 Å². The van der Waals surface area contributed by atoms with Crippen LogP contribution in [0.5, 0.6) is 11.5 Å². The molecule has 0 radical (unpaired) electrons. The first kappa shape index (κ1) is 13.9. The second-order valence-corrected chi connectivity index (χ2v) is 5.44. The molecule has 104 valence electrons. The first-order valence-corrected chi connectivity index (χ1v) is 6.87. The zero-order chi connectivity index (χ0) is 13.8. The van der Waals surface area contributed by atoms with E-state index in [2.05, 4.69) is 6.92 Å². The van der Waals surface area contributed by atoms with Crippen LogP contribution in [0.2, 0.25) is 0 Å². The molecule has 0 bridgehead atoms. The lowest BCUT2D eigenvalue weighted by molar-refractivity contribution is -0.125. The summed E-state index contributed by atoms with van der Waals surface area (Å²) in [6.45, 7) is 2.23. The summed E-state index contributed by atoms with van der Waals surface area (Å²) in [6.07, 6.45) is 3.59. The Bertz CT molecular complexity index is 453. The van der Waals surface area contributed by atoms with Crippen LogP contribution >= 0.6 is 0 Å². The average Bonchev–Trinajstić information content (AvgIpc) is 2.42. The van der Waals surface area contributed by atoms with Crippen LogP contribution in [-0.4, -0.2) is 20.0 Å². The molecule has 1 aliphatic carbocycles. The average molecular weight is 262 g/mol. The molecule has 3 nitrogen and oxygen atoms in total. The Morgan fingerprint density at radius 3 is 2.63 bits per heavy atom. The Kier molecular flexibility index (Phi) is 4.46. The van der Waals surface area contributed by atoms with Crippen molar-refractivity contribution in [3.63, 3.8) is 0 Å². The first-order chi connectivity index (χ1) is 9.13. The van der Waals surface area contributed by atoms with E-state index >= 15 is 0 Å². The van der Waals surface area contributed by atoms with Gasteiger partial charge in [0.1, 0.15) is 5.78 Å². The van der Waals surface area contributed by atoms with Crippen LogP contribution in [0.15, 0.2) is 18.2 Å². The van der Waals surface area contributed by atoms with Gasteiger partial charge in [0.05, 0.1) is 14.2 Å². The highest BCUT2D eigenvalue weighted by Gasteiger charge is 2.26. The van der Waals surface area contributed by atoms with Crippen LogP contribution in [0.25, 0.3) is 0 Å². The number of hydrogen-bond acceptors (Lipinski definition) is 3. The number of hydrogen-bond donors (Lipinski definition) is 0. The van der Waals surface area contributed by atoms with Gasteiger partial charge in [-0.2, -0.15) is 0 Å². The maximum absolute atomic E-state index is 12.0. The molecule has 0 aliphatic heterocycles. The van der Waals surface area contributed by atoms with Gasteiger partial charge >= 0.3 is 0 Å². The van der Waals surface area contributed by atoms with Gasteiger partial charge < -0.3 is 9.47 Å². The van der Waals surface area contributed by atoms with Gasteiger partial charge in [0.15, 0.2) is 11.5 Å². The molecule has 19 heavy (non-hydrogen) atoms. The fraction of sp³-hybridized carbons (Fsp3) is 0.562. The van der Waals surface area contributed by atoms with E-state index in [9.17, 15) is 4.79 Å². The molecule has 0 amide bonds. The van der Waals surface area contributed by atoms with Crippen LogP contribution in [0.3, 0.4) is 0 Å². The van der Waals surface area contributed by atoms with Gasteiger partial charge in [-0.25, -0.2) is 0 Å². The normalized spacial score (nSPS) is 23.2.